The van der Waals surface area contributed by atoms with Crippen molar-refractivity contribution in [1.82, 2.24) is 19.4 Å². The highest BCUT2D eigenvalue weighted by atomic mass is 16.2. The number of piperidine rings is 1. The number of carbonyl (C=O) groups excluding carboxylic acids is 1. The number of likely N-dealkylation sites (tertiary alicyclic amines) is 1. The van der Waals surface area contributed by atoms with E-state index in [0.29, 0.717) is 12.5 Å². The van der Waals surface area contributed by atoms with E-state index in [0.717, 1.165) is 54.4 Å². The van der Waals surface area contributed by atoms with Crippen LogP contribution in [0.3, 0.4) is 0 Å². The molecular formula is C21H23N5O. The zero-order chi connectivity index (χ0) is 18.6. The lowest BCUT2D eigenvalue weighted by molar-refractivity contribution is 0.0635. The highest BCUT2D eigenvalue weighted by Gasteiger charge is 2.45. The Labute approximate surface area is 158 Å². The number of carbonyl (C=O) groups is 1. The molecule has 1 spiro atoms. The molecule has 6 nitrogen and oxygen atoms in total. The Balaban J connectivity index is 1.50. The molecule has 2 aliphatic rings. The zero-order valence-corrected chi connectivity index (χ0v) is 15.5. The first kappa shape index (κ1) is 16.3. The number of rotatable bonds is 1. The van der Waals surface area contributed by atoms with Gasteiger partial charge in [0.05, 0.1) is 11.3 Å². The van der Waals surface area contributed by atoms with Gasteiger partial charge in [0.2, 0.25) is 5.95 Å². The van der Waals surface area contributed by atoms with Crippen molar-refractivity contribution in [2.24, 2.45) is 7.05 Å². The van der Waals surface area contributed by atoms with Crippen LogP contribution >= 0.6 is 0 Å². The Bertz CT molecular complexity index is 1050. The van der Waals surface area contributed by atoms with Crippen LogP contribution in [0.15, 0.2) is 36.7 Å². The third-order valence-corrected chi connectivity index (χ3v) is 6.25. The van der Waals surface area contributed by atoms with Crippen LogP contribution in [0.4, 0.5) is 5.95 Å². The summed E-state index contributed by atoms with van der Waals surface area (Å²) in [5, 5.41) is 1.02. The van der Waals surface area contributed by atoms with Crippen molar-refractivity contribution in [1.29, 1.82) is 0 Å². The number of anilines is 1. The highest BCUT2D eigenvalue weighted by Crippen LogP contribution is 2.44. The minimum atomic E-state index is -0.0785. The number of hydrogen-bond donors (Lipinski definition) is 1. The van der Waals surface area contributed by atoms with Crippen molar-refractivity contribution < 1.29 is 4.79 Å². The van der Waals surface area contributed by atoms with Crippen molar-refractivity contribution in [3.05, 3.63) is 53.5 Å². The van der Waals surface area contributed by atoms with Gasteiger partial charge in [0.1, 0.15) is 0 Å². The molecule has 0 radical (unpaired) electrons. The van der Waals surface area contributed by atoms with Crippen LogP contribution in [0.1, 0.15) is 40.9 Å². The maximum Gasteiger partial charge on any atom is 0.256 e. The minimum absolute atomic E-state index is 0.0785. The van der Waals surface area contributed by atoms with Gasteiger partial charge in [-0.05, 0) is 37.3 Å². The van der Waals surface area contributed by atoms with Gasteiger partial charge in [0.25, 0.3) is 5.91 Å². The van der Waals surface area contributed by atoms with Crippen molar-refractivity contribution in [2.45, 2.75) is 31.1 Å². The molecule has 6 heteroatoms. The number of para-hydroxylation sites is 1. The van der Waals surface area contributed by atoms with E-state index in [4.69, 9.17) is 5.73 Å². The normalized spacial score (nSPS) is 21.7. The summed E-state index contributed by atoms with van der Waals surface area (Å²) in [5.74, 6) is 0.439. The van der Waals surface area contributed by atoms with E-state index in [2.05, 4.69) is 16.0 Å². The molecule has 1 saturated heterocycles. The molecule has 1 aromatic carbocycles. The number of fused-ring (bicyclic) bond motifs is 3. The standard InChI is InChI=1S/C21H23N5O/c1-25-12-16(15-5-2-3-6-17(15)25)19(27)26-10-4-8-21(13-26)9-7-14-11-23-20(22)24-18(14)21/h2-3,5-6,11-12H,4,7-10,13H2,1H3,(H2,22,23,24). The van der Waals surface area contributed by atoms with Crippen LogP contribution in [-0.2, 0) is 18.9 Å². The Hall–Kier alpha value is -2.89. The molecule has 0 bridgehead atoms. The highest BCUT2D eigenvalue weighted by molar-refractivity contribution is 6.07. The second-order valence-electron chi connectivity index (χ2n) is 7.88. The largest absolute Gasteiger partial charge is 0.368 e. The summed E-state index contributed by atoms with van der Waals surface area (Å²) < 4.78 is 2.03. The lowest BCUT2D eigenvalue weighted by Crippen LogP contribution is -2.48. The number of benzene rings is 1. The first-order chi connectivity index (χ1) is 13.1. The van der Waals surface area contributed by atoms with Gasteiger partial charge in [-0.1, -0.05) is 18.2 Å². The number of hydrogen-bond acceptors (Lipinski definition) is 4. The fourth-order valence-corrected chi connectivity index (χ4v) is 4.94. The number of amides is 1. The quantitative estimate of drug-likeness (QED) is 0.723. The maximum absolute atomic E-state index is 13.4. The number of nitrogen functional groups attached to an aromatic ring is 1. The molecule has 1 aliphatic carbocycles. The molecule has 5 rings (SSSR count). The molecular weight excluding hydrogens is 338 g/mol. The van der Waals surface area contributed by atoms with E-state index in [1.807, 2.05) is 47.1 Å². The summed E-state index contributed by atoms with van der Waals surface area (Å²) in [4.78, 5) is 24.1. The van der Waals surface area contributed by atoms with Gasteiger partial charge >= 0.3 is 0 Å². The summed E-state index contributed by atoms with van der Waals surface area (Å²) in [6.07, 6.45) is 7.83. The van der Waals surface area contributed by atoms with Crippen molar-refractivity contribution in [3.8, 4) is 0 Å². The van der Waals surface area contributed by atoms with Gasteiger partial charge in [-0.15, -0.1) is 0 Å². The van der Waals surface area contributed by atoms with Gasteiger partial charge in [0, 0.05) is 48.8 Å². The smallest absolute Gasteiger partial charge is 0.256 e. The topological polar surface area (TPSA) is 77.0 Å². The predicted molar refractivity (Wildman–Crippen MR) is 104 cm³/mol. The molecule has 1 atom stereocenters. The number of aryl methyl sites for hydroxylation is 2. The van der Waals surface area contributed by atoms with Gasteiger partial charge in [-0.2, -0.15) is 0 Å². The first-order valence-corrected chi connectivity index (χ1v) is 9.53. The monoisotopic (exact) mass is 361 g/mol. The molecule has 1 fully saturated rings. The molecule has 2 aromatic heterocycles. The van der Waals surface area contributed by atoms with E-state index >= 15 is 0 Å². The summed E-state index contributed by atoms with van der Waals surface area (Å²) in [7, 11) is 1.99. The van der Waals surface area contributed by atoms with Gasteiger partial charge in [-0.25, -0.2) is 9.97 Å². The summed E-state index contributed by atoms with van der Waals surface area (Å²) >= 11 is 0. The first-order valence-electron chi connectivity index (χ1n) is 9.53. The average Bonchev–Trinajstić information content (AvgIpc) is 3.20. The fraction of sp³-hybridized carbons (Fsp3) is 0.381. The van der Waals surface area contributed by atoms with Crippen LogP contribution in [0.2, 0.25) is 0 Å². The molecule has 3 aromatic rings. The average molecular weight is 361 g/mol. The molecule has 1 unspecified atom stereocenters. The third-order valence-electron chi connectivity index (χ3n) is 6.25. The molecule has 0 saturated carbocycles. The Morgan fingerprint density at radius 2 is 2.11 bits per heavy atom. The Morgan fingerprint density at radius 3 is 3.00 bits per heavy atom. The van der Waals surface area contributed by atoms with E-state index in [9.17, 15) is 4.79 Å². The van der Waals surface area contributed by atoms with E-state index < -0.39 is 0 Å². The third kappa shape index (κ3) is 2.43. The Kier molecular flexibility index (Phi) is 3.50. The van der Waals surface area contributed by atoms with Crippen LogP contribution < -0.4 is 5.73 Å². The summed E-state index contributed by atoms with van der Waals surface area (Å²) in [6, 6.07) is 8.08. The van der Waals surface area contributed by atoms with Gasteiger partial charge in [-0.3, -0.25) is 4.79 Å². The van der Waals surface area contributed by atoms with Crippen LogP contribution in [0, 0.1) is 0 Å². The van der Waals surface area contributed by atoms with Crippen LogP contribution in [0.25, 0.3) is 10.9 Å². The number of nitrogens with two attached hydrogens (primary N) is 1. The van der Waals surface area contributed by atoms with E-state index in [1.54, 1.807) is 0 Å². The maximum atomic E-state index is 13.4. The van der Waals surface area contributed by atoms with E-state index in [-0.39, 0.29) is 11.3 Å². The van der Waals surface area contributed by atoms with Gasteiger partial charge < -0.3 is 15.2 Å². The fourth-order valence-electron chi connectivity index (χ4n) is 4.94. The van der Waals surface area contributed by atoms with Crippen LogP contribution in [0.5, 0.6) is 0 Å². The van der Waals surface area contributed by atoms with Gasteiger partial charge in [0.15, 0.2) is 0 Å². The van der Waals surface area contributed by atoms with E-state index in [1.165, 1.54) is 5.56 Å². The van der Waals surface area contributed by atoms with Crippen molar-refractivity contribution in [2.75, 3.05) is 18.8 Å². The molecule has 3 heterocycles. The summed E-state index contributed by atoms with van der Waals surface area (Å²) in [6.45, 7) is 1.50. The molecule has 1 aliphatic heterocycles. The summed E-state index contributed by atoms with van der Waals surface area (Å²) in [5.41, 5.74) is 9.90. The lowest BCUT2D eigenvalue weighted by atomic mass is 9.77. The molecule has 27 heavy (non-hydrogen) atoms. The van der Waals surface area contributed by atoms with Crippen molar-refractivity contribution >= 4 is 22.8 Å². The predicted octanol–water partition coefficient (Wildman–Crippen LogP) is 2.67. The lowest BCUT2D eigenvalue weighted by Gasteiger charge is -2.40. The van der Waals surface area contributed by atoms with Crippen molar-refractivity contribution in [3.63, 3.8) is 0 Å². The second-order valence-corrected chi connectivity index (χ2v) is 7.88. The molecule has 138 valence electrons. The SMILES string of the molecule is Cn1cc(C(=O)N2CCCC3(CCc4cnc(N)nc43)C2)c2ccccc21. The molecule has 2 N–H and O–H groups in total. The number of aromatic nitrogens is 3. The molecule has 1 amide bonds. The minimum Gasteiger partial charge on any atom is -0.368 e. The zero-order valence-electron chi connectivity index (χ0n) is 15.5. The van der Waals surface area contributed by atoms with Crippen LogP contribution in [-0.4, -0.2) is 38.4 Å². The second kappa shape index (κ2) is 5.81. The Morgan fingerprint density at radius 1 is 1.26 bits per heavy atom. The number of nitrogens with zero attached hydrogens (tertiary/aromatic N) is 4.